The predicted octanol–water partition coefficient (Wildman–Crippen LogP) is 5.06. The van der Waals surface area contributed by atoms with Gasteiger partial charge in [0.25, 0.3) is 0 Å². The number of carbonyl (C=O) groups is 1. The van der Waals surface area contributed by atoms with Crippen LogP contribution >= 0.6 is 23.1 Å². The van der Waals surface area contributed by atoms with Gasteiger partial charge in [0.05, 0.1) is 29.1 Å². The molecule has 4 aromatic rings. The van der Waals surface area contributed by atoms with Gasteiger partial charge in [-0.3, -0.25) is 9.36 Å². The van der Waals surface area contributed by atoms with Crippen LogP contribution in [0, 0.1) is 0 Å². The molecule has 0 aliphatic heterocycles. The lowest BCUT2D eigenvalue weighted by Gasteiger charge is -2.23. The van der Waals surface area contributed by atoms with Crippen molar-refractivity contribution < 1.29 is 9.53 Å². The molecule has 2 heterocycles. The molecular formula is C24H25N5O2S2. The van der Waals surface area contributed by atoms with E-state index < -0.39 is 0 Å². The number of hydrogen-bond acceptors (Lipinski definition) is 7. The zero-order valence-corrected chi connectivity index (χ0v) is 20.4. The van der Waals surface area contributed by atoms with E-state index in [1.807, 2.05) is 67.1 Å². The van der Waals surface area contributed by atoms with Crippen LogP contribution in [-0.4, -0.2) is 50.5 Å². The van der Waals surface area contributed by atoms with Crippen molar-refractivity contribution in [3.8, 4) is 17.1 Å². The van der Waals surface area contributed by atoms with Gasteiger partial charge in [-0.1, -0.05) is 30.0 Å². The third kappa shape index (κ3) is 4.94. The van der Waals surface area contributed by atoms with Crippen LogP contribution < -0.4 is 4.74 Å². The highest BCUT2D eigenvalue weighted by Gasteiger charge is 2.22. The van der Waals surface area contributed by atoms with E-state index in [0.717, 1.165) is 32.4 Å². The number of carbonyl (C=O) groups excluding carboxylic acids is 1. The normalized spacial score (nSPS) is 12.0. The van der Waals surface area contributed by atoms with Gasteiger partial charge in [-0.05, 0) is 43.3 Å². The molecule has 0 aliphatic carbocycles. The first-order chi connectivity index (χ1) is 16.0. The molecule has 0 bridgehead atoms. The van der Waals surface area contributed by atoms with Gasteiger partial charge in [0.15, 0.2) is 11.0 Å². The van der Waals surface area contributed by atoms with Gasteiger partial charge in [-0.15, -0.1) is 28.1 Å². The second-order valence-corrected chi connectivity index (χ2v) is 9.43. The highest BCUT2D eigenvalue weighted by molar-refractivity contribution is 7.99. The molecule has 2 aromatic carbocycles. The minimum Gasteiger partial charge on any atom is -0.497 e. The molecule has 0 spiro atoms. The van der Waals surface area contributed by atoms with Crippen LogP contribution in [0.4, 0.5) is 0 Å². The van der Waals surface area contributed by atoms with Gasteiger partial charge >= 0.3 is 0 Å². The van der Waals surface area contributed by atoms with E-state index in [4.69, 9.17) is 9.72 Å². The number of thiazole rings is 1. The van der Waals surface area contributed by atoms with Crippen LogP contribution in [0.3, 0.4) is 0 Å². The molecule has 0 fully saturated rings. The molecule has 0 unspecified atom stereocenters. The number of methoxy groups -OCH3 is 1. The summed E-state index contributed by atoms with van der Waals surface area (Å²) in [4.78, 5) is 19.4. The summed E-state index contributed by atoms with van der Waals surface area (Å²) in [6.45, 7) is 6.40. The van der Waals surface area contributed by atoms with Crippen molar-refractivity contribution in [2.45, 2.75) is 24.7 Å². The number of aromatic nitrogens is 4. The first-order valence-electron chi connectivity index (χ1n) is 10.4. The lowest BCUT2D eigenvalue weighted by Crippen LogP contribution is -2.31. The summed E-state index contributed by atoms with van der Waals surface area (Å²) in [5.41, 5.74) is 1.88. The van der Waals surface area contributed by atoms with Gasteiger partial charge in [0, 0.05) is 19.2 Å². The third-order valence-corrected chi connectivity index (χ3v) is 7.50. The Labute approximate surface area is 201 Å². The SMILES string of the molecule is C=CCn1c(SCC(=O)N(C)[C@@H](C)c2nc3ccccc3s2)nnc1-c1ccc(OC)cc1. The monoisotopic (exact) mass is 479 g/mol. The Hall–Kier alpha value is -3.17. The molecule has 7 nitrogen and oxygen atoms in total. The summed E-state index contributed by atoms with van der Waals surface area (Å²) in [5.74, 6) is 1.76. The van der Waals surface area contributed by atoms with Crippen LogP contribution in [0.1, 0.15) is 18.0 Å². The zero-order chi connectivity index (χ0) is 23.4. The van der Waals surface area contributed by atoms with Crippen LogP contribution in [0.15, 0.2) is 66.3 Å². The number of ether oxygens (including phenoxy) is 1. The van der Waals surface area contributed by atoms with E-state index in [1.54, 1.807) is 29.4 Å². The number of thioether (sulfide) groups is 1. The van der Waals surface area contributed by atoms with Crippen molar-refractivity contribution in [2.75, 3.05) is 19.9 Å². The van der Waals surface area contributed by atoms with E-state index in [-0.39, 0.29) is 17.7 Å². The smallest absolute Gasteiger partial charge is 0.233 e. The molecule has 0 saturated carbocycles. The summed E-state index contributed by atoms with van der Waals surface area (Å²) in [5, 5.41) is 10.3. The van der Waals surface area contributed by atoms with Crippen LogP contribution in [0.25, 0.3) is 21.6 Å². The van der Waals surface area contributed by atoms with Crippen LogP contribution in [-0.2, 0) is 11.3 Å². The predicted molar refractivity (Wildman–Crippen MR) is 134 cm³/mol. The summed E-state index contributed by atoms with van der Waals surface area (Å²) in [7, 11) is 3.45. The second-order valence-electron chi connectivity index (χ2n) is 7.42. The molecule has 0 radical (unpaired) electrons. The average Bonchev–Trinajstić information content (AvgIpc) is 3.46. The topological polar surface area (TPSA) is 73.1 Å². The first-order valence-corrected chi connectivity index (χ1v) is 12.2. The Morgan fingerprint density at radius 3 is 2.70 bits per heavy atom. The number of rotatable bonds is 9. The van der Waals surface area contributed by atoms with Gasteiger partial charge in [-0.25, -0.2) is 4.98 Å². The summed E-state index contributed by atoms with van der Waals surface area (Å²) >= 11 is 2.99. The number of benzene rings is 2. The summed E-state index contributed by atoms with van der Waals surface area (Å²) in [6.07, 6.45) is 1.80. The van der Waals surface area contributed by atoms with Gasteiger partial charge in [-0.2, -0.15) is 0 Å². The van der Waals surface area contributed by atoms with Crippen molar-refractivity contribution in [3.05, 3.63) is 66.2 Å². The van der Waals surface area contributed by atoms with E-state index in [9.17, 15) is 4.79 Å². The van der Waals surface area contributed by atoms with Crippen molar-refractivity contribution in [2.24, 2.45) is 0 Å². The molecule has 0 aliphatic rings. The summed E-state index contributed by atoms with van der Waals surface area (Å²) < 4.78 is 8.32. The fourth-order valence-corrected chi connectivity index (χ4v) is 5.26. The van der Waals surface area contributed by atoms with Gasteiger partial charge < -0.3 is 9.64 Å². The minimum absolute atomic E-state index is 0.00547. The Bertz CT molecular complexity index is 1230. The second kappa shape index (κ2) is 10.2. The minimum atomic E-state index is -0.114. The number of allylic oxidation sites excluding steroid dienone is 1. The van der Waals surface area contributed by atoms with E-state index >= 15 is 0 Å². The van der Waals surface area contributed by atoms with Crippen LogP contribution in [0.2, 0.25) is 0 Å². The highest BCUT2D eigenvalue weighted by atomic mass is 32.2. The molecule has 0 saturated heterocycles. The molecule has 1 amide bonds. The van der Waals surface area contributed by atoms with Crippen molar-refractivity contribution in [1.82, 2.24) is 24.6 Å². The Morgan fingerprint density at radius 2 is 2.00 bits per heavy atom. The van der Waals surface area contributed by atoms with Crippen LogP contribution in [0.5, 0.6) is 5.75 Å². The maximum absolute atomic E-state index is 13.0. The molecule has 33 heavy (non-hydrogen) atoms. The molecular weight excluding hydrogens is 454 g/mol. The first kappa shape index (κ1) is 23.0. The number of fused-ring (bicyclic) bond motifs is 1. The quantitative estimate of drug-likeness (QED) is 0.247. The van der Waals surface area contributed by atoms with Crippen molar-refractivity contribution in [3.63, 3.8) is 0 Å². The fraction of sp³-hybridized carbons (Fsp3) is 0.250. The number of amides is 1. The molecule has 1 atom stereocenters. The van der Waals surface area contributed by atoms with Crippen molar-refractivity contribution >= 4 is 39.2 Å². The number of nitrogens with zero attached hydrogens (tertiary/aromatic N) is 5. The highest BCUT2D eigenvalue weighted by Crippen LogP contribution is 2.30. The third-order valence-electron chi connectivity index (χ3n) is 5.34. The maximum atomic E-state index is 13.0. The van der Waals surface area contributed by atoms with E-state index in [1.165, 1.54) is 11.8 Å². The molecule has 4 rings (SSSR count). The van der Waals surface area contributed by atoms with Gasteiger partial charge in [0.2, 0.25) is 5.91 Å². The lowest BCUT2D eigenvalue weighted by atomic mass is 10.2. The molecule has 170 valence electrons. The fourth-order valence-electron chi connectivity index (χ4n) is 3.32. The molecule has 2 aromatic heterocycles. The Balaban J connectivity index is 1.46. The zero-order valence-electron chi connectivity index (χ0n) is 18.8. The lowest BCUT2D eigenvalue weighted by molar-refractivity contribution is -0.128. The summed E-state index contributed by atoms with van der Waals surface area (Å²) in [6, 6.07) is 15.6. The Morgan fingerprint density at radius 1 is 1.24 bits per heavy atom. The standard InChI is InChI=1S/C24H25N5O2S2/c1-5-14-29-22(17-10-12-18(31-4)13-11-17)26-27-24(29)32-15-21(30)28(3)16(2)23-25-19-8-6-7-9-20(19)33-23/h5-13,16H,1,14-15H2,2-4H3/t16-/m0/s1. The molecule has 9 heteroatoms. The van der Waals surface area contributed by atoms with E-state index in [0.29, 0.717) is 11.7 Å². The molecule has 0 N–H and O–H groups in total. The maximum Gasteiger partial charge on any atom is 0.233 e. The number of para-hydroxylation sites is 1. The number of hydrogen-bond donors (Lipinski definition) is 0. The van der Waals surface area contributed by atoms with Gasteiger partial charge in [0.1, 0.15) is 10.8 Å². The van der Waals surface area contributed by atoms with Crippen molar-refractivity contribution in [1.29, 1.82) is 0 Å². The largest absolute Gasteiger partial charge is 0.497 e. The average molecular weight is 480 g/mol. The van der Waals surface area contributed by atoms with E-state index in [2.05, 4.69) is 16.8 Å². The Kier molecular flexibility index (Phi) is 7.10.